The molecule has 4 rings (SSSR count). The number of hydrogen-bond acceptors (Lipinski definition) is 5. The van der Waals surface area contributed by atoms with Crippen molar-refractivity contribution in [3.63, 3.8) is 0 Å². The number of carbonyl (C=O) groups is 2. The fraction of sp³-hybridized carbons (Fsp3) is 0.333. The van der Waals surface area contributed by atoms with Crippen LogP contribution in [0.25, 0.3) is 22.2 Å². The van der Waals surface area contributed by atoms with E-state index in [-0.39, 0.29) is 11.8 Å². The third-order valence-corrected chi connectivity index (χ3v) is 5.66. The fourth-order valence-corrected chi connectivity index (χ4v) is 3.86. The summed E-state index contributed by atoms with van der Waals surface area (Å²) in [6, 6.07) is 13.4. The van der Waals surface area contributed by atoms with Gasteiger partial charge >= 0.3 is 0 Å². The zero-order valence-corrected chi connectivity index (χ0v) is 18.0. The molecule has 3 heterocycles. The number of likely N-dealkylation sites (N-methyl/N-ethyl adjacent to an activating group) is 1. The third-order valence-electron chi connectivity index (χ3n) is 5.66. The quantitative estimate of drug-likeness (QED) is 0.653. The second-order valence-corrected chi connectivity index (χ2v) is 8.02. The van der Waals surface area contributed by atoms with Crippen LogP contribution in [-0.2, 0) is 4.79 Å². The van der Waals surface area contributed by atoms with Gasteiger partial charge in [0.25, 0.3) is 5.91 Å². The predicted molar refractivity (Wildman–Crippen MR) is 121 cm³/mol. The minimum Gasteiger partial charge on any atom is -0.348 e. The summed E-state index contributed by atoms with van der Waals surface area (Å²) in [5.41, 5.74) is 3.15. The van der Waals surface area contributed by atoms with Crippen molar-refractivity contribution in [3.05, 3.63) is 60.4 Å². The Morgan fingerprint density at radius 1 is 1.00 bits per heavy atom. The summed E-state index contributed by atoms with van der Waals surface area (Å²) in [5.74, 6) is 0.0941. The summed E-state index contributed by atoms with van der Waals surface area (Å²) in [4.78, 5) is 40.1. The average Bonchev–Trinajstić information content (AvgIpc) is 3.04. The fourth-order valence-electron chi connectivity index (χ4n) is 3.86. The number of hydrogen-bond donors (Lipinski definition) is 0. The first-order valence-corrected chi connectivity index (χ1v) is 10.5. The molecule has 3 aromatic rings. The number of carbonyl (C=O) groups excluding carboxylic acids is 2. The van der Waals surface area contributed by atoms with E-state index in [0.29, 0.717) is 31.7 Å². The van der Waals surface area contributed by atoms with Gasteiger partial charge in [0.05, 0.1) is 23.3 Å². The van der Waals surface area contributed by atoms with Crippen molar-refractivity contribution in [1.29, 1.82) is 0 Å². The number of rotatable bonds is 4. The molecule has 0 spiro atoms. The summed E-state index contributed by atoms with van der Waals surface area (Å²) < 4.78 is 0. The number of benzene rings is 1. The van der Waals surface area contributed by atoms with Crippen LogP contribution >= 0.6 is 0 Å². The molecule has 2 amide bonds. The topological polar surface area (TPSA) is 69.6 Å². The highest BCUT2D eigenvalue weighted by Gasteiger charge is 2.24. The minimum atomic E-state index is 0.00897. The van der Waals surface area contributed by atoms with E-state index in [1.807, 2.05) is 47.4 Å². The first-order chi connectivity index (χ1) is 15.0. The van der Waals surface area contributed by atoms with Gasteiger partial charge in [-0.25, -0.2) is 4.98 Å². The zero-order valence-electron chi connectivity index (χ0n) is 18.0. The zero-order chi connectivity index (χ0) is 21.8. The molecule has 0 unspecified atom stereocenters. The third kappa shape index (κ3) is 4.72. The maximum atomic E-state index is 13.6. The summed E-state index contributed by atoms with van der Waals surface area (Å²) in [6.45, 7) is 3.15. The Labute approximate surface area is 182 Å². The molecule has 1 aromatic carbocycles. The summed E-state index contributed by atoms with van der Waals surface area (Å²) >= 11 is 0. The molecule has 0 atom stereocenters. The van der Waals surface area contributed by atoms with Gasteiger partial charge in [0.1, 0.15) is 0 Å². The first kappa shape index (κ1) is 20.9. The van der Waals surface area contributed by atoms with Crippen LogP contribution in [0.3, 0.4) is 0 Å². The number of nitrogens with zero attached hydrogens (tertiary/aromatic N) is 5. The van der Waals surface area contributed by atoms with Crippen LogP contribution in [0.1, 0.15) is 16.8 Å². The van der Waals surface area contributed by atoms with E-state index < -0.39 is 0 Å². The van der Waals surface area contributed by atoms with Gasteiger partial charge in [0.15, 0.2) is 0 Å². The molecule has 0 saturated carbocycles. The number of fused-ring (bicyclic) bond motifs is 1. The summed E-state index contributed by atoms with van der Waals surface area (Å²) in [6.07, 6.45) is 4.30. The van der Waals surface area contributed by atoms with E-state index in [2.05, 4.69) is 9.88 Å². The molecule has 160 valence electrons. The normalized spacial score (nSPS) is 15.0. The molecule has 7 heteroatoms. The predicted octanol–water partition coefficient (Wildman–Crippen LogP) is 2.53. The molecule has 31 heavy (non-hydrogen) atoms. The molecule has 0 bridgehead atoms. The lowest BCUT2D eigenvalue weighted by atomic mass is 10.0. The number of amides is 2. The molecule has 1 fully saturated rings. The van der Waals surface area contributed by atoms with Gasteiger partial charge in [-0.05, 0) is 30.7 Å². The minimum absolute atomic E-state index is 0.00897. The SMILES string of the molecule is CN(C)C(=O)CN1CCCN(C(=O)c2cc(-c3ccncc3)nc3ccccc23)CC1. The van der Waals surface area contributed by atoms with Crippen LogP contribution in [0, 0.1) is 0 Å². The van der Waals surface area contributed by atoms with Crippen LogP contribution in [0.5, 0.6) is 0 Å². The Balaban J connectivity index is 1.61. The number of aromatic nitrogens is 2. The molecule has 1 aliphatic rings. The lowest BCUT2D eigenvalue weighted by Crippen LogP contribution is -2.39. The monoisotopic (exact) mass is 417 g/mol. The van der Waals surface area contributed by atoms with Crippen molar-refractivity contribution in [2.24, 2.45) is 0 Å². The maximum absolute atomic E-state index is 13.6. The Morgan fingerprint density at radius 2 is 1.77 bits per heavy atom. The van der Waals surface area contributed by atoms with Gasteiger partial charge in [-0.15, -0.1) is 0 Å². The van der Waals surface area contributed by atoms with Gasteiger partial charge < -0.3 is 9.80 Å². The van der Waals surface area contributed by atoms with Crippen LogP contribution in [0.4, 0.5) is 0 Å². The highest BCUT2D eigenvalue weighted by atomic mass is 16.2. The van der Waals surface area contributed by atoms with Gasteiger partial charge in [0.2, 0.25) is 5.91 Å². The highest BCUT2D eigenvalue weighted by Crippen LogP contribution is 2.26. The maximum Gasteiger partial charge on any atom is 0.254 e. The van der Waals surface area contributed by atoms with Crippen molar-refractivity contribution in [1.82, 2.24) is 24.7 Å². The van der Waals surface area contributed by atoms with Crippen molar-refractivity contribution >= 4 is 22.7 Å². The van der Waals surface area contributed by atoms with E-state index in [4.69, 9.17) is 4.98 Å². The Hall–Kier alpha value is -3.32. The van der Waals surface area contributed by atoms with Crippen molar-refractivity contribution in [2.45, 2.75) is 6.42 Å². The molecule has 0 aliphatic carbocycles. The van der Waals surface area contributed by atoms with Crippen LogP contribution in [0.15, 0.2) is 54.9 Å². The molecular weight excluding hydrogens is 390 g/mol. The van der Waals surface area contributed by atoms with Gasteiger partial charge in [-0.3, -0.25) is 19.5 Å². The molecule has 7 nitrogen and oxygen atoms in total. The summed E-state index contributed by atoms with van der Waals surface area (Å²) in [7, 11) is 3.54. The van der Waals surface area contributed by atoms with Crippen LogP contribution < -0.4 is 0 Å². The first-order valence-electron chi connectivity index (χ1n) is 10.5. The highest BCUT2D eigenvalue weighted by molar-refractivity contribution is 6.07. The molecule has 1 aliphatic heterocycles. The van der Waals surface area contributed by atoms with Gasteiger partial charge in [-0.1, -0.05) is 18.2 Å². The van der Waals surface area contributed by atoms with E-state index >= 15 is 0 Å². The van der Waals surface area contributed by atoms with Crippen molar-refractivity contribution < 1.29 is 9.59 Å². The Bertz CT molecular complexity index is 1080. The average molecular weight is 418 g/mol. The molecule has 2 aromatic heterocycles. The van der Waals surface area contributed by atoms with Gasteiger partial charge in [0, 0.05) is 63.6 Å². The van der Waals surface area contributed by atoms with Gasteiger partial charge in [-0.2, -0.15) is 0 Å². The Morgan fingerprint density at radius 3 is 2.55 bits per heavy atom. The van der Waals surface area contributed by atoms with Crippen molar-refractivity contribution in [2.75, 3.05) is 46.8 Å². The lowest BCUT2D eigenvalue weighted by Gasteiger charge is -2.23. The van der Waals surface area contributed by atoms with E-state index in [1.54, 1.807) is 31.4 Å². The largest absolute Gasteiger partial charge is 0.348 e. The van der Waals surface area contributed by atoms with E-state index in [0.717, 1.165) is 35.1 Å². The second-order valence-electron chi connectivity index (χ2n) is 8.02. The summed E-state index contributed by atoms with van der Waals surface area (Å²) in [5, 5.41) is 0.856. The molecule has 0 N–H and O–H groups in total. The smallest absolute Gasteiger partial charge is 0.254 e. The molecule has 0 radical (unpaired) electrons. The molecule has 1 saturated heterocycles. The second kappa shape index (κ2) is 9.22. The van der Waals surface area contributed by atoms with Crippen LogP contribution in [-0.4, -0.2) is 83.3 Å². The Kier molecular flexibility index (Phi) is 6.23. The van der Waals surface area contributed by atoms with E-state index in [9.17, 15) is 9.59 Å². The van der Waals surface area contributed by atoms with Crippen LogP contribution in [0.2, 0.25) is 0 Å². The van der Waals surface area contributed by atoms with E-state index in [1.165, 1.54) is 0 Å². The number of pyridine rings is 2. The number of para-hydroxylation sites is 1. The molecular formula is C24H27N5O2. The lowest BCUT2D eigenvalue weighted by molar-refractivity contribution is -0.129. The standard InChI is InChI=1S/C24H27N5O2/c1-27(2)23(30)17-28-12-5-13-29(15-14-28)24(31)20-16-22(18-8-10-25-11-9-18)26-21-7-4-3-6-19(20)21/h3-4,6-11,16H,5,12-15,17H2,1-2H3. The van der Waals surface area contributed by atoms with Crippen molar-refractivity contribution in [3.8, 4) is 11.3 Å².